The van der Waals surface area contributed by atoms with E-state index in [1.807, 2.05) is 13.8 Å². The molecule has 5 rings (SSSR count). The minimum Gasteiger partial charge on any atom is -0.425 e. The molecule has 0 saturated carbocycles. The highest BCUT2D eigenvalue weighted by Crippen LogP contribution is 2.32. The molecule has 6 N–H and O–H groups in total. The molecular formula is C27H38N8O7. The Bertz CT molecular complexity index is 1350. The highest BCUT2D eigenvalue weighted by atomic mass is 16.6. The maximum atomic E-state index is 12.4. The summed E-state index contributed by atoms with van der Waals surface area (Å²) in [7, 11) is 0. The molecule has 228 valence electrons. The third-order valence-corrected chi connectivity index (χ3v) is 7.23. The van der Waals surface area contributed by atoms with E-state index in [9.17, 15) is 24.6 Å². The first kappa shape index (κ1) is 30.9. The summed E-state index contributed by atoms with van der Waals surface area (Å²) in [6.07, 6.45) is -1.93. The van der Waals surface area contributed by atoms with Crippen LogP contribution >= 0.6 is 0 Å². The molecular weight excluding hydrogens is 548 g/mol. The SMILES string of the molecule is CC.CCNC(=O)[C@H]1O[C@@H](n2cnc3c(N)nc(C#CCC4CCN(C(=O)OC5CCC(=O)N5)CC4)nc32)C(O)[C@H]1O. The van der Waals surface area contributed by atoms with E-state index in [1.54, 1.807) is 11.8 Å². The highest BCUT2D eigenvalue weighted by Gasteiger charge is 2.47. The second-order valence-corrected chi connectivity index (χ2v) is 9.99. The number of nitrogens with zero attached hydrogens (tertiary/aromatic N) is 5. The van der Waals surface area contributed by atoms with E-state index >= 15 is 0 Å². The quantitative estimate of drug-likeness (QED) is 0.295. The number of rotatable bonds is 5. The van der Waals surface area contributed by atoms with E-state index in [-0.39, 0.29) is 34.6 Å². The lowest BCUT2D eigenvalue weighted by atomic mass is 9.94. The van der Waals surface area contributed by atoms with Gasteiger partial charge in [-0.25, -0.2) is 19.7 Å². The highest BCUT2D eigenvalue weighted by molar-refractivity contribution is 5.83. The Kier molecular flexibility index (Phi) is 10.2. The number of hydrogen-bond donors (Lipinski definition) is 5. The van der Waals surface area contributed by atoms with Crippen molar-refractivity contribution >= 4 is 34.9 Å². The maximum absolute atomic E-state index is 12.4. The van der Waals surface area contributed by atoms with Crippen LogP contribution in [0.4, 0.5) is 10.6 Å². The molecule has 0 aliphatic carbocycles. The average molecular weight is 587 g/mol. The zero-order chi connectivity index (χ0) is 30.4. The van der Waals surface area contributed by atoms with Gasteiger partial charge in [0.15, 0.2) is 30.0 Å². The number of nitrogen functional groups attached to an aromatic ring is 1. The van der Waals surface area contributed by atoms with Crippen LogP contribution in [0.5, 0.6) is 0 Å². The summed E-state index contributed by atoms with van der Waals surface area (Å²) in [6.45, 7) is 7.15. The molecule has 3 fully saturated rings. The molecule has 5 atom stereocenters. The number of likely N-dealkylation sites (N-methyl/N-ethyl adjacent to an activating group) is 1. The molecule has 5 heterocycles. The molecule has 0 bridgehead atoms. The number of nitrogens with one attached hydrogen (secondary N) is 2. The first-order valence-electron chi connectivity index (χ1n) is 14.3. The minimum atomic E-state index is -1.44. The summed E-state index contributed by atoms with van der Waals surface area (Å²) in [4.78, 5) is 50.4. The summed E-state index contributed by atoms with van der Waals surface area (Å²) in [5.41, 5.74) is 6.60. The molecule has 2 unspecified atom stereocenters. The molecule has 15 heteroatoms. The van der Waals surface area contributed by atoms with Crippen LogP contribution < -0.4 is 16.4 Å². The van der Waals surface area contributed by atoms with Crippen molar-refractivity contribution in [3.05, 3.63) is 12.2 Å². The van der Waals surface area contributed by atoms with Crippen molar-refractivity contribution < 1.29 is 34.1 Å². The van der Waals surface area contributed by atoms with Crippen LogP contribution in [0.15, 0.2) is 6.33 Å². The van der Waals surface area contributed by atoms with Gasteiger partial charge in [0.25, 0.3) is 5.91 Å². The van der Waals surface area contributed by atoms with Gasteiger partial charge in [0.2, 0.25) is 11.7 Å². The number of aliphatic hydroxyl groups is 2. The Labute approximate surface area is 243 Å². The predicted octanol–water partition coefficient (Wildman–Crippen LogP) is 0.0163. The Morgan fingerprint density at radius 1 is 1.21 bits per heavy atom. The molecule has 2 aromatic rings. The van der Waals surface area contributed by atoms with Crippen molar-refractivity contribution in [1.82, 2.24) is 35.1 Å². The van der Waals surface area contributed by atoms with E-state index in [0.29, 0.717) is 38.9 Å². The molecule has 3 amide bonds. The third kappa shape index (κ3) is 6.72. The maximum Gasteiger partial charge on any atom is 0.411 e. The fourth-order valence-electron chi connectivity index (χ4n) is 5.03. The van der Waals surface area contributed by atoms with Gasteiger partial charge in [0.05, 0.1) is 6.33 Å². The van der Waals surface area contributed by atoms with Crippen LogP contribution in [0.2, 0.25) is 0 Å². The Balaban J connectivity index is 0.00000198. The van der Waals surface area contributed by atoms with Crippen molar-refractivity contribution in [2.45, 2.75) is 83.6 Å². The molecule has 2 aromatic heterocycles. The summed E-state index contributed by atoms with van der Waals surface area (Å²) < 4.78 is 12.4. The van der Waals surface area contributed by atoms with E-state index < -0.39 is 42.8 Å². The number of nitrogens with two attached hydrogens (primary N) is 1. The predicted molar refractivity (Wildman–Crippen MR) is 149 cm³/mol. The van der Waals surface area contributed by atoms with E-state index in [1.165, 1.54) is 10.9 Å². The number of aliphatic hydroxyl groups excluding tert-OH is 2. The molecule has 0 radical (unpaired) electrons. The molecule has 42 heavy (non-hydrogen) atoms. The second kappa shape index (κ2) is 13.8. The third-order valence-electron chi connectivity index (χ3n) is 7.23. The summed E-state index contributed by atoms with van der Waals surface area (Å²) >= 11 is 0. The van der Waals surface area contributed by atoms with E-state index in [4.69, 9.17) is 15.2 Å². The summed E-state index contributed by atoms with van der Waals surface area (Å²) in [5.74, 6) is 5.88. The summed E-state index contributed by atoms with van der Waals surface area (Å²) in [5, 5.41) is 26.1. The molecule has 3 aliphatic heterocycles. The lowest BCUT2D eigenvalue weighted by molar-refractivity contribution is -0.137. The van der Waals surface area contributed by atoms with Crippen molar-refractivity contribution in [2.75, 3.05) is 25.4 Å². The topological polar surface area (TPSA) is 207 Å². The van der Waals surface area contributed by atoms with Gasteiger partial charge >= 0.3 is 6.09 Å². The Hall–Kier alpha value is -4.00. The number of ether oxygens (including phenoxy) is 2. The van der Waals surface area contributed by atoms with Crippen LogP contribution in [0.25, 0.3) is 11.2 Å². The van der Waals surface area contributed by atoms with Gasteiger partial charge in [-0.1, -0.05) is 19.8 Å². The van der Waals surface area contributed by atoms with Crippen LogP contribution in [0.1, 0.15) is 64.9 Å². The number of likely N-dealkylation sites (tertiary alicyclic amines) is 1. The zero-order valence-electron chi connectivity index (χ0n) is 23.9. The van der Waals surface area contributed by atoms with Gasteiger partial charge in [-0.3, -0.25) is 14.2 Å². The Morgan fingerprint density at radius 2 is 1.95 bits per heavy atom. The fourth-order valence-corrected chi connectivity index (χ4v) is 5.03. The minimum absolute atomic E-state index is 0.0895. The normalized spacial score (nSPS) is 25.7. The number of carbonyl (C=O) groups excluding carboxylic acids is 3. The van der Waals surface area contributed by atoms with Gasteiger partial charge in [-0.2, -0.15) is 0 Å². The number of hydrogen-bond acceptors (Lipinski definition) is 11. The molecule has 0 aromatic carbocycles. The van der Waals surface area contributed by atoms with Crippen molar-refractivity contribution in [3.63, 3.8) is 0 Å². The second-order valence-electron chi connectivity index (χ2n) is 9.99. The first-order chi connectivity index (χ1) is 20.2. The van der Waals surface area contributed by atoms with Crippen LogP contribution in [0, 0.1) is 17.8 Å². The standard InChI is InChI=1S/C25H32N8O7.C2H6/c1-2-27-23(37)20-18(35)19(36)24(40-20)33-12-28-17-21(26)29-14(30-22(17)33)5-3-4-13-8-10-32(11-9-13)25(38)39-16-7-6-15(34)31-16;1-2/h12-13,16,18-20,24,35-36H,2,4,6-11H2,1H3,(H,27,37)(H,31,34)(H2,26,29,30);1-2H3/t16?,18-,19?,20+,24-;/m1./s1. The smallest absolute Gasteiger partial charge is 0.411 e. The van der Waals surface area contributed by atoms with Gasteiger partial charge < -0.3 is 41.0 Å². The average Bonchev–Trinajstić information content (AvgIpc) is 3.68. The number of piperidine rings is 1. The molecule has 15 nitrogen and oxygen atoms in total. The summed E-state index contributed by atoms with van der Waals surface area (Å²) in [6, 6.07) is 0. The molecule has 0 spiro atoms. The van der Waals surface area contributed by atoms with Crippen molar-refractivity contribution in [3.8, 4) is 11.8 Å². The molecule has 3 aliphatic rings. The van der Waals surface area contributed by atoms with Gasteiger partial charge in [0, 0.05) is 38.9 Å². The van der Waals surface area contributed by atoms with Gasteiger partial charge in [-0.05, 0) is 31.6 Å². The lowest BCUT2D eigenvalue weighted by Gasteiger charge is -2.31. The first-order valence-corrected chi connectivity index (χ1v) is 14.3. The largest absolute Gasteiger partial charge is 0.425 e. The van der Waals surface area contributed by atoms with E-state index in [0.717, 1.165) is 12.8 Å². The van der Waals surface area contributed by atoms with Gasteiger partial charge in [0.1, 0.15) is 17.7 Å². The van der Waals surface area contributed by atoms with Crippen molar-refractivity contribution in [1.29, 1.82) is 0 Å². The number of carbonyl (C=O) groups is 3. The van der Waals surface area contributed by atoms with Gasteiger partial charge in [-0.15, -0.1) is 0 Å². The number of amides is 3. The number of imidazole rings is 1. The zero-order valence-corrected chi connectivity index (χ0v) is 23.9. The number of anilines is 1. The lowest BCUT2D eigenvalue weighted by Crippen LogP contribution is -2.42. The van der Waals surface area contributed by atoms with Crippen LogP contribution in [0.3, 0.4) is 0 Å². The number of aromatic nitrogens is 4. The molecule has 3 saturated heterocycles. The van der Waals surface area contributed by atoms with Crippen LogP contribution in [-0.4, -0.2) is 96.7 Å². The van der Waals surface area contributed by atoms with Crippen LogP contribution in [-0.2, 0) is 19.1 Å². The van der Waals surface area contributed by atoms with Crippen molar-refractivity contribution in [2.24, 2.45) is 5.92 Å². The Morgan fingerprint density at radius 3 is 2.62 bits per heavy atom. The number of fused-ring (bicyclic) bond motifs is 1. The fraction of sp³-hybridized carbons (Fsp3) is 0.630. The van der Waals surface area contributed by atoms with E-state index in [2.05, 4.69) is 37.4 Å². The monoisotopic (exact) mass is 586 g/mol.